The van der Waals surface area contributed by atoms with Gasteiger partial charge >= 0.3 is 0 Å². The van der Waals surface area contributed by atoms with E-state index in [1.165, 1.54) is 37.7 Å². The molecule has 1 saturated carbocycles. The first-order valence-electron chi connectivity index (χ1n) is 7.75. The zero-order chi connectivity index (χ0) is 14.7. The van der Waals surface area contributed by atoms with Crippen LogP contribution in [-0.4, -0.2) is 15.6 Å². The number of nitrogens with zero attached hydrogens (tertiary/aromatic N) is 2. The molecule has 0 aliphatic heterocycles. The Bertz CT molecular complexity index is 600. The fourth-order valence-corrected chi connectivity index (χ4v) is 3.49. The van der Waals surface area contributed by atoms with Crippen LogP contribution in [0, 0.1) is 6.92 Å². The highest BCUT2D eigenvalue weighted by molar-refractivity contribution is 9.10. The third kappa shape index (κ3) is 3.88. The van der Waals surface area contributed by atoms with Crippen molar-refractivity contribution < 1.29 is 0 Å². The van der Waals surface area contributed by atoms with E-state index in [9.17, 15) is 0 Å². The van der Waals surface area contributed by atoms with E-state index in [-0.39, 0.29) is 0 Å². The predicted molar refractivity (Wildman–Crippen MR) is 90.7 cm³/mol. The molecule has 0 bridgehead atoms. The van der Waals surface area contributed by atoms with Crippen LogP contribution in [-0.2, 0) is 6.54 Å². The monoisotopic (exact) mass is 347 g/mol. The Hall–Kier alpha value is -1.29. The molecule has 21 heavy (non-hydrogen) atoms. The summed E-state index contributed by atoms with van der Waals surface area (Å²) in [5.41, 5.74) is 2.36. The number of anilines is 1. The summed E-state index contributed by atoms with van der Waals surface area (Å²) in [4.78, 5) is 4.66. The van der Waals surface area contributed by atoms with E-state index in [0.29, 0.717) is 6.04 Å². The fourth-order valence-electron chi connectivity index (χ4n) is 3.04. The highest BCUT2D eigenvalue weighted by Crippen LogP contribution is 2.22. The van der Waals surface area contributed by atoms with Gasteiger partial charge in [0.05, 0.1) is 12.2 Å². The molecule has 1 aliphatic carbocycles. The van der Waals surface area contributed by atoms with Gasteiger partial charge in [-0.1, -0.05) is 47.3 Å². The van der Waals surface area contributed by atoms with Gasteiger partial charge in [-0.25, -0.2) is 4.98 Å². The first-order chi connectivity index (χ1) is 10.2. The van der Waals surface area contributed by atoms with Gasteiger partial charge in [-0.2, -0.15) is 0 Å². The van der Waals surface area contributed by atoms with Crippen molar-refractivity contribution in [1.82, 2.24) is 9.55 Å². The van der Waals surface area contributed by atoms with Crippen molar-refractivity contribution in [2.45, 2.75) is 51.6 Å². The second-order valence-corrected chi connectivity index (χ2v) is 6.86. The van der Waals surface area contributed by atoms with Crippen molar-refractivity contribution in [2.24, 2.45) is 0 Å². The predicted octanol–water partition coefficient (Wildman–Crippen LogP) is 4.75. The van der Waals surface area contributed by atoms with Crippen LogP contribution < -0.4 is 5.32 Å². The van der Waals surface area contributed by atoms with Gasteiger partial charge in [0.25, 0.3) is 0 Å². The minimum absolute atomic E-state index is 0.585. The Morgan fingerprint density at radius 1 is 1.29 bits per heavy atom. The first-order valence-corrected chi connectivity index (χ1v) is 8.55. The maximum atomic E-state index is 4.66. The van der Waals surface area contributed by atoms with E-state index in [1.54, 1.807) is 0 Å². The summed E-state index contributed by atoms with van der Waals surface area (Å²) in [6.45, 7) is 2.92. The number of aromatic nitrogens is 2. The van der Waals surface area contributed by atoms with Gasteiger partial charge in [-0.05, 0) is 37.5 Å². The lowest BCUT2D eigenvalue weighted by atomic mass is 9.96. The summed E-state index contributed by atoms with van der Waals surface area (Å²) in [5, 5.41) is 3.65. The quantitative estimate of drug-likeness (QED) is 0.864. The smallest absolute Gasteiger partial charge is 0.203 e. The number of hydrogen-bond donors (Lipinski definition) is 1. The molecule has 1 aliphatic rings. The van der Waals surface area contributed by atoms with Crippen molar-refractivity contribution in [2.75, 3.05) is 5.32 Å². The number of hydrogen-bond acceptors (Lipinski definition) is 2. The SMILES string of the molecule is Cc1cn(Cc2cccc(Br)c2)c(NC2CCCCC2)n1. The summed E-state index contributed by atoms with van der Waals surface area (Å²) in [5.74, 6) is 1.01. The third-order valence-electron chi connectivity index (χ3n) is 4.08. The summed E-state index contributed by atoms with van der Waals surface area (Å²) in [7, 11) is 0. The standard InChI is InChI=1S/C17H22BrN3/c1-13-11-21(12-14-6-5-7-15(18)10-14)17(19-13)20-16-8-3-2-4-9-16/h5-7,10-11,16H,2-4,8-9,12H2,1H3,(H,19,20). The molecule has 0 saturated heterocycles. The number of nitrogens with one attached hydrogen (secondary N) is 1. The molecule has 3 rings (SSSR count). The van der Waals surface area contributed by atoms with E-state index in [2.05, 4.69) is 68.2 Å². The Kier molecular flexibility index (Phi) is 4.63. The molecule has 1 heterocycles. The second kappa shape index (κ2) is 6.65. The summed E-state index contributed by atoms with van der Waals surface area (Å²) in [6, 6.07) is 9.05. The third-order valence-corrected chi connectivity index (χ3v) is 4.57. The Morgan fingerprint density at radius 2 is 2.10 bits per heavy atom. The lowest BCUT2D eigenvalue weighted by molar-refractivity contribution is 0.459. The molecule has 0 radical (unpaired) electrons. The van der Waals surface area contributed by atoms with Gasteiger partial charge < -0.3 is 9.88 Å². The van der Waals surface area contributed by atoms with Crippen LogP contribution in [0.3, 0.4) is 0 Å². The van der Waals surface area contributed by atoms with Gasteiger partial charge in [-0.3, -0.25) is 0 Å². The highest BCUT2D eigenvalue weighted by atomic mass is 79.9. The molecule has 1 aromatic carbocycles. The minimum Gasteiger partial charge on any atom is -0.353 e. The Labute approximate surface area is 134 Å². The van der Waals surface area contributed by atoms with Gasteiger partial charge in [0.15, 0.2) is 0 Å². The molecule has 2 aromatic rings. The summed E-state index contributed by atoms with van der Waals surface area (Å²) < 4.78 is 3.35. The zero-order valence-corrected chi connectivity index (χ0v) is 14.1. The number of rotatable bonds is 4. The van der Waals surface area contributed by atoms with Crippen molar-refractivity contribution in [3.05, 3.63) is 46.2 Å². The molecule has 0 atom stereocenters. The van der Waals surface area contributed by atoms with Gasteiger partial charge in [0, 0.05) is 16.7 Å². The van der Waals surface area contributed by atoms with Gasteiger partial charge in [0.2, 0.25) is 5.95 Å². The number of aryl methyl sites for hydroxylation is 1. The van der Waals surface area contributed by atoms with Crippen LogP contribution in [0.4, 0.5) is 5.95 Å². The summed E-state index contributed by atoms with van der Waals surface area (Å²) in [6.07, 6.45) is 8.72. The topological polar surface area (TPSA) is 29.9 Å². The Morgan fingerprint density at radius 3 is 2.86 bits per heavy atom. The van der Waals surface area contributed by atoms with Crippen LogP contribution in [0.25, 0.3) is 0 Å². The lowest BCUT2D eigenvalue weighted by Gasteiger charge is -2.23. The van der Waals surface area contributed by atoms with E-state index in [0.717, 1.165) is 22.7 Å². The molecule has 4 heteroatoms. The first kappa shape index (κ1) is 14.6. The number of imidazole rings is 1. The second-order valence-electron chi connectivity index (χ2n) is 5.94. The van der Waals surface area contributed by atoms with Crippen LogP contribution in [0.1, 0.15) is 43.4 Å². The zero-order valence-electron chi connectivity index (χ0n) is 12.5. The largest absolute Gasteiger partial charge is 0.353 e. The minimum atomic E-state index is 0.585. The van der Waals surface area contributed by atoms with E-state index in [1.807, 2.05) is 0 Å². The van der Waals surface area contributed by atoms with Crippen LogP contribution >= 0.6 is 15.9 Å². The molecular formula is C17H22BrN3. The Balaban J connectivity index is 1.75. The lowest BCUT2D eigenvalue weighted by Crippen LogP contribution is -2.24. The van der Waals surface area contributed by atoms with E-state index in [4.69, 9.17) is 0 Å². The van der Waals surface area contributed by atoms with Gasteiger partial charge in [-0.15, -0.1) is 0 Å². The van der Waals surface area contributed by atoms with Crippen molar-refractivity contribution in [1.29, 1.82) is 0 Å². The molecule has 3 nitrogen and oxygen atoms in total. The summed E-state index contributed by atoms with van der Waals surface area (Å²) >= 11 is 3.54. The average Bonchev–Trinajstić information content (AvgIpc) is 2.80. The molecule has 1 aromatic heterocycles. The van der Waals surface area contributed by atoms with Crippen molar-refractivity contribution >= 4 is 21.9 Å². The van der Waals surface area contributed by atoms with Crippen LogP contribution in [0.15, 0.2) is 34.9 Å². The molecule has 0 spiro atoms. The normalized spacial score (nSPS) is 16.1. The maximum Gasteiger partial charge on any atom is 0.203 e. The fraction of sp³-hybridized carbons (Fsp3) is 0.471. The number of halogens is 1. The highest BCUT2D eigenvalue weighted by Gasteiger charge is 2.16. The van der Waals surface area contributed by atoms with Crippen molar-refractivity contribution in [3.63, 3.8) is 0 Å². The average molecular weight is 348 g/mol. The molecule has 1 N–H and O–H groups in total. The number of benzene rings is 1. The maximum absolute atomic E-state index is 4.66. The van der Waals surface area contributed by atoms with Crippen LogP contribution in [0.5, 0.6) is 0 Å². The molecule has 0 unspecified atom stereocenters. The van der Waals surface area contributed by atoms with E-state index >= 15 is 0 Å². The van der Waals surface area contributed by atoms with Crippen molar-refractivity contribution in [3.8, 4) is 0 Å². The van der Waals surface area contributed by atoms with Crippen LogP contribution in [0.2, 0.25) is 0 Å². The molecule has 112 valence electrons. The van der Waals surface area contributed by atoms with Gasteiger partial charge in [0.1, 0.15) is 0 Å². The van der Waals surface area contributed by atoms with E-state index < -0.39 is 0 Å². The molecule has 0 amide bonds. The molecule has 1 fully saturated rings. The molecular weight excluding hydrogens is 326 g/mol.